The maximum absolute atomic E-state index is 12.3. The quantitative estimate of drug-likeness (QED) is 0.735. The highest BCUT2D eigenvalue weighted by molar-refractivity contribution is 7.09. The molecule has 1 unspecified atom stereocenters. The molecule has 1 fully saturated rings. The van der Waals surface area contributed by atoms with E-state index in [0.717, 1.165) is 18.5 Å². The Balaban J connectivity index is 1.50. The van der Waals surface area contributed by atoms with Crippen molar-refractivity contribution < 1.29 is 9.59 Å². The molecule has 1 aliphatic rings. The van der Waals surface area contributed by atoms with Crippen LogP contribution in [0.5, 0.6) is 0 Å². The first-order valence-corrected chi connectivity index (χ1v) is 10.1. The topological polar surface area (TPSA) is 61.4 Å². The number of thiophene rings is 1. The summed E-state index contributed by atoms with van der Waals surface area (Å²) in [5.41, 5.74) is 1.13. The smallest absolute Gasteiger partial charge is 0.237 e. The Morgan fingerprint density at radius 2 is 2.11 bits per heavy atom. The third-order valence-corrected chi connectivity index (χ3v) is 5.48. The lowest BCUT2D eigenvalue weighted by Crippen LogP contribution is -2.56. The molecule has 0 bridgehead atoms. The van der Waals surface area contributed by atoms with Gasteiger partial charge in [-0.15, -0.1) is 11.3 Å². The highest BCUT2D eigenvalue weighted by Crippen LogP contribution is 2.11. The van der Waals surface area contributed by atoms with Crippen LogP contribution in [0.3, 0.4) is 0 Å². The molecule has 0 radical (unpaired) electrons. The molecule has 0 saturated carbocycles. The van der Waals surface area contributed by atoms with E-state index in [9.17, 15) is 9.59 Å². The lowest BCUT2D eigenvalue weighted by molar-refractivity contribution is -0.133. The van der Waals surface area contributed by atoms with E-state index in [-0.39, 0.29) is 18.2 Å². The lowest BCUT2D eigenvalue weighted by atomic mass is 10.1. The third kappa shape index (κ3) is 6.05. The number of carbonyl (C=O) groups is 2. The minimum absolute atomic E-state index is 0.0669. The first-order valence-electron chi connectivity index (χ1n) is 9.25. The summed E-state index contributed by atoms with van der Waals surface area (Å²) < 4.78 is 0. The van der Waals surface area contributed by atoms with Crippen molar-refractivity contribution in [1.82, 2.24) is 15.5 Å². The molecule has 27 heavy (non-hydrogen) atoms. The predicted molar refractivity (Wildman–Crippen MR) is 109 cm³/mol. The van der Waals surface area contributed by atoms with Gasteiger partial charge in [-0.1, -0.05) is 48.6 Å². The number of hydrogen-bond donors (Lipinski definition) is 2. The third-order valence-electron chi connectivity index (χ3n) is 4.54. The molecule has 5 nitrogen and oxygen atoms in total. The average Bonchev–Trinajstić information content (AvgIpc) is 3.19. The van der Waals surface area contributed by atoms with Crippen LogP contribution in [0.25, 0.3) is 6.08 Å². The summed E-state index contributed by atoms with van der Waals surface area (Å²) in [5, 5.41) is 7.84. The van der Waals surface area contributed by atoms with Gasteiger partial charge in [0.05, 0.1) is 12.5 Å². The van der Waals surface area contributed by atoms with Crippen LogP contribution in [-0.4, -0.2) is 48.9 Å². The first-order chi connectivity index (χ1) is 13.2. The summed E-state index contributed by atoms with van der Waals surface area (Å²) >= 11 is 1.69. The maximum atomic E-state index is 12.3. The van der Waals surface area contributed by atoms with Gasteiger partial charge in [0.15, 0.2) is 0 Å². The van der Waals surface area contributed by atoms with Crippen LogP contribution in [0.4, 0.5) is 0 Å². The summed E-state index contributed by atoms with van der Waals surface area (Å²) in [6, 6.07) is 13.7. The van der Waals surface area contributed by atoms with Crippen LogP contribution in [0.1, 0.15) is 16.9 Å². The van der Waals surface area contributed by atoms with Crippen LogP contribution < -0.4 is 10.6 Å². The Morgan fingerprint density at radius 3 is 2.89 bits per heavy atom. The summed E-state index contributed by atoms with van der Waals surface area (Å²) in [5.74, 6) is -0.145. The second-order valence-electron chi connectivity index (χ2n) is 6.50. The Morgan fingerprint density at radius 1 is 1.26 bits per heavy atom. The number of carbonyl (C=O) groups excluding carboxylic acids is 2. The molecular weight excluding hydrogens is 358 g/mol. The zero-order chi connectivity index (χ0) is 18.9. The highest BCUT2D eigenvalue weighted by Gasteiger charge is 2.30. The number of nitrogens with zero attached hydrogens (tertiary/aromatic N) is 1. The molecular formula is C21H25N3O2S. The first kappa shape index (κ1) is 19.3. The number of benzene rings is 1. The van der Waals surface area contributed by atoms with Crippen molar-refractivity contribution in [2.45, 2.75) is 18.9 Å². The molecule has 142 valence electrons. The van der Waals surface area contributed by atoms with E-state index in [1.807, 2.05) is 47.9 Å². The minimum Gasteiger partial charge on any atom is -0.356 e. The van der Waals surface area contributed by atoms with Gasteiger partial charge in [0.1, 0.15) is 0 Å². The van der Waals surface area contributed by atoms with E-state index in [1.54, 1.807) is 11.3 Å². The van der Waals surface area contributed by atoms with Gasteiger partial charge >= 0.3 is 0 Å². The fraction of sp³-hybridized carbons (Fsp3) is 0.333. The lowest BCUT2D eigenvalue weighted by Gasteiger charge is -2.33. The van der Waals surface area contributed by atoms with Gasteiger partial charge in [0, 0.05) is 31.1 Å². The largest absolute Gasteiger partial charge is 0.356 e. The molecule has 6 heteroatoms. The summed E-state index contributed by atoms with van der Waals surface area (Å²) in [4.78, 5) is 27.9. The zero-order valence-electron chi connectivity index (χ0n) is 15.3. The number of nitrogens with one attached hydrogen (secondary N) is 2. The Hall–Kier alpha value is -2.44. The SMILES string of the molecule is O=C(CC1C(=O)NCCN1CC=Cc1ccccc1)NCCc1cccs1. The van der Waals surface area contributed by atoms with Crippen LogP contribution in [-0.2, 0) is 16.0 Å². The Bertz CT molecular complexity index is 759. The summed E-state index contributed by atoms with van der Waals surface area (Å²) in [7, 11) is 0. The Kier molecular flexibility index (Phi) is 7.19. The minimum atomic E-state index is -0.416. The van der Waals surface area contributed by atoms with Gasteiger partial charge in [-0.3, -0.25) is 14.5 Å². The molecule has 1 saturated heterocycles. The van der Waals surface area contributed by atoms with E-state index in [0.29, 0.717) is 19.6 Å². The molecule has 2 N–H and O–H groups in total. The van der Waals surface area contributed by atoms with E-state index in [2.05, 4.69) is 27.7 Å². The number of amides is 2. The van der Waals surface area contributed by atoms with Crippen molar-refractivity contribution in [3.05, 3.63) is 64.4 Å². The second-order valence-corrected chi connectivity index (χ2v) is 7.53. The predicted octanol–water partition coefficient (Wildman–Crippen LogP) is 2.31. The number of piperazine rings is 1. The molecule has 1 aromatic heterocycles. The molecule has 1 aromatic carbocycles. The fourth-order valence-electron chi connectivity index (χ4n) is 3.12. The molecule has 3 rings (SSSR count). The van der Waals surface area contributed by atoms with Crippen molar-refractivity contribution in [3.8, 4) is 0 Å². The van der Waals surface area contributed by atoms with Crippen molar-refractivity contribution >= 4 is 29.2 Å². The van der Waals surface area contributed by atoms with Gasteiger partial charge in [0.2, 0.25) is 11.8 Å². The van der Waals surface area contributed by atoms with E-state index >= 15 is 0 Å². The number of hydrogen-bond acceptors (Lipinski definition) is 4. The molecule has 1 atom stereocenters. The van der Waals surface area contributed by atoms with E-state index < -0.39 is 6.04 Å². The molecule has 0 aliphatic carbocycles. The highest BCUT2D eigenvalue weighted by atomic mass is 32.1. The van der Waals surface area contributed by atoms with Gasteiger partial charge in [0.25, 0.3) is 0 Å². The summed E-state index contributed by atoms with van der Waals surface area (Å²) in [6.45, 7) is 2.61. The van der Waals surface area contributed by atoms with E-state index in [4.69, 9.17) is 0 Å². The molecule has 0 spiro atoms. The van der Waals surface area contributed by atoms with Crippen LogP contribution in [0, 0.1) is 0 Å². The number of rotatable bonds is 8. The molecule has 1 aliphatic heterocycles. The standard InChI is InChI=1S/C21H25N3O2S/c25-20(22-11-10-18-9-5-15-27-18)16-19-21(26)23-12-14-24(19)13-4-8-17-6-2-1-3-7-17/h1-9,15,19H,10-14,16H2,(H,22,25)(H,23,26). The van der Waals surface area contributed by atoms with Crippen molar-refractivity contribution in [3.63, 3.8) is 0 Å². The van der Waals surface area contributed by atoms with Crippen molar-refractivity contribution in [2.75, 3.05) is 26.2 Å². The summed E-state index contributed by atoms with van der Waals surface area (Å²) in [6.07, 6.45) is 5.11. The molecule has 2 amide bonds. The normalized spacial score (nSPS) is 17.8. The fourth-order valence-corrected chi connectivity index (χ4v) is 3.83. The average molecular weight is 384 g/mol. The zero-order valence-corrected chi connectivity index (χ0v) is 16.1. The second kappa shape index (κ2) is 10.0. The maximum Gasteiger partial charge on any atom is 0.237 e. The van der Waals surface area contributed by atoms with Gasteiger partial charge < -0.3 is 10.6 Å². The molecule has 2 heterocycles. The van der Waals surface area contributed by atoms with Crippen LogP contribution in [0.2, 0.25) is 0 Å². The Labute approximate surface area is 164 Å². The van der Waals surface area contributed by atoms with Gasteiger partial charge in [-0.05, 0) is 23.4 Å². The van der Waals surface area contributed by atoms with Crippen molar-refractivity contribution in [2.24, 2.45) is 0 Å². The monoisotopic (exact) mass is 383 g/mol. The van der Waals surface area contributed by atoms with Gasteiger partial charge in [-0.2, -0.15) is 0 Å². The van der Waals surface area contributed by atoms with E-state index in [1.165, 1.54) is 4.88 Å². The van der Waals surface area contributed by atoms with Crippen LogP contribution in [0.15, 0.2) is 53.9 Å². The van der Waals surface area contributed by atoms with Crippen molar-refractivity contribution in [1.29, 1.82) is 0 Å². The van der Waals surface area contributed by atoms with Gasteiger partial charge in [-0.25, -0.2) is 0 Å². The van der Waals surface area contributed by atoms with Crippen LogP contribution >= 0.6 is 11.3 Å². The molecule has 2 aromatic rings.